The third kappa shape index (κ3) is 4.76. The van der Waals surface area contributed by atoms with Gasteiger partial charge in [-0.3, -0.25) is 0 Å². The Hall–Kier alpha value is -1.36. The predicted octanol–water partition coefficient (Wildman–Crippen LogP) is 4.67. The summed E-state index contributed by atoms with van der Waals surface area (Å²) in [5, 5.41) is 0.0171. The van der Waals surface area contributed by atoms with Crippen molar-refractivity contribution in [1.29, 1.82) is 0 Å². The molecule has 0 radical (unpaired) electrons. The van der Waals surface area contributed by atoms with Gasteiger partial charge in [0.25, 0.3) is 0 Å². The summed E-state index contributed by atoms with van der Waals surface area (Å²) in [6.07, 6.45) is -1.92. The number of nitrogens with zero attached hydrogens (tertiary/aromatic N) is 2. The van der Waals surface area contributed by atoms with Gasteiger partial charge in [0.15, 0.2) is 0 Å². The Bertz CT molecular complexity index is 906. The van der Waals surface area contributed by atoms with E-state index in [9.17, 15) is 13.2 Å². The number of aromatic nitrogens is 2. The minimum absolute atomic E-state index is 0.0171. The van der Waals surface area contributed by atoms with Crippen molar-refractivity contribution in [2.75, 3.05) is 6.61 Å². The summed E-state index contributed by atoms with van der Waals surface area (Å²) in [6.45, 7) is 14.8. The molecule has 5 nitrogen and oxygen atoms in total. The molecular formula is C20H30BF3N2O3Si. The Labute approximate surface area is 177 Å². The van der Waals surface area contributed by atoms with Crippen molar-refractivity contribution in [1.82, 2.24) is 9.55 Å². The molecule has 1 aliphatic rings. The normalized spacial score (nSPS) is 19.1. The second-order valence-electron chi connectivity index (χ2n) is 10.1. The monoisotopic (exact) mass is 442 g/mol. The summed E-state index contributed by atoms with van der Waals surface area (Å²) in [5.74, 6) is 0. The molecule has 0 unspecified atom stereocenters. The summed E-state index contributed by atoms with van der Waals surface area (Å²) in [7, 11) is -2.05. The molecule has 166 valence electrons. The summed E-state index contributed by atoms with van der Waals surface area (Å²) >= 11 is 0. The van der Waals surface area contributed by atoms with Crippen molar-refractivity contribution in [3.8, 4) is 0 Å². The molecule has 3 rings (SSSR count). The molecule has 2 aromatic rings. The van der Waals surface area contributed by atoms with Gasteiger partial charge in [-0.15, -0.1) is 0 Å². The number of pyridine rings is 1. The van der Waals surface area contributed by atoms with Gasteiger partial charge < -0.3 is 18.6 Å². The first kappa shape index (κ1) is 23.3. The maximum atomic E-state index is 13.7. The third-order valence-corrected chi connectivity index (χ3v) is 7.50. The summed E-state index contributed by atoms with van der Waals surface area (Å²) in [6, 6.07) is 2.41. The molecule has 30 heavy (non-hydrogen) atoms. The fraction of sp³-hybridized carbons (Fsp3) is 0.650. The van der Waals surface area contributed by atoms with Crippen molar-refractivity contribution in [2.24, 2.45) is 0 Å². The molecule has 10 heteroatoms. The smallest absolute Gasteiger partial charge is 0.399 e. The predicted molar refractivity (Wildman–Crippen MR) is 115 cm³/mol. The van der Waals surface area contributed by atoms with E-state index in [4.69, 9.17) is 14.0 Å². The van der Waals surface area contributed by atoms with E-state index in [2.05, 4.69) is 24.6 Å². The first-order valence-electron chi connectivity index (χ1n) is 10.1. The molecule has 0 amide bonds. The molecule has 0 aliphatic carbocycles. The van der Waals surface area contributed by atoms with Crippen LogP contribution in [0.2, 0.25) is 25.7 Å². The SMILES string of the molecule is CC1(C)OB(c2cnc3c(c2)c(C(F)(F)F)cn3COCC[Si](C)(C)C)OC1(C)C. The lowest BCUT2D eigenvalue weighted by Gasteiger charge is -2.32. The van der Waals surface area contributed by atoms with E-state index in [1.807, 2.05) is 27.7 Å². The fourth-order valence-corrected chi connectivity index (χ4v) is 3.92. The molecule has 3 heterocycles. The van der Waals surface area contributed by atoms with Gasteiger partial charge in [-0.1, -0.05) is 19.6 Å². The number of alkyl halides is 3. The highest BCUT2D eigenvalue weighted by molar-refractivity contribution is 6.76. The molecule has 0 saturated carbocycles. The Kier molecular flexibility index (Phi) is 5.94. The van der Waals surface area contributed by atoms with Crippen molar-refractivity contribution in [2.45, 2.75) is 77.5 Å². The minimum atomic E-state index is -4.50. The quantitative estimate of drug-likeness (QED) is 0.482. The van der Waals surface area contributed by atoms with Crippen LogP contribution < -0.4 is 5.46 Å². The van der Waals surface area contributed by atoms with Crippen LogP contribution in [-0.2, 0) is 27.0 Å². The maximum absolute atomic E-state index is 13.7. The fourth-order valence-electron chi connectivity index (χ4n) is 3.16. The van der Waals surface area contributed by atoms with Crippen molar-refractivity contribution in [3.05, 3.63) is 24.0 Å². The first-order chi connectivity index (χ1) is 13.6. The highest BCUT2D eigenvalue weighted by Gasteiger charge is 2.52. The van der Waals surface area contributed by atoms with Gasteiger partial charge in [-0.05, 0) is 39.8 Å². The van der Waals surface area contributed by atoms with E-state index in [0.717, 1.165) is 12.2 Å². The summed E-state index contributed by atoms with van der Waals surface area (Å²) < 4.78 is 60.1. The van der Waals surface area contributed by atoms with Crippen LogP contribution in [0.4, 0.5) is 13.2 Å². The van der Waals surface area contributed by atoms with Crippen molar-refractivity contribution >= 4 is 31.7 Å². The van der Waals surface area contributed by atoms with Gasteiger partial charge in [0, 0.05) is 37.9 Å². The van der Waals surface area contributed by atoms with Crippen LogP contribution in [0.1, 0.15) is 33.3 Å². The van der Waals surface area contributed by atoms with Gasteiger partial charge in [0.1, 0.15) is 12.4 Å². The highest BCUT2D eigenvalue weighted by Crippen LogP contribution is 2.38. The molecule has 0 atom stereocenters. The number of hydrogen-bond acceptors (Lipinski definition) is 4. The summed E-state index contributed by atoms with van der Waals surface area (Å²) in [5.41, 5.74) is -1.22. The minimum Gasteiger partial charge on any atom is -0.399 e. The van der Waals surface area contributed by atoms with Crippen LogP contribution in [0, 0.1) is 0 Å². The van der Waals surface area contributed by atoms with Crippen LogP contribution in [0.5, 0.6) is 0 Å². The van der Waals surface area contributed by atoms with Gasteiger partial charge in [0.2, 0.25) is 0 Å². The molecule has 1 aliphatic heterocycles. The number of ether oxygens (including phenoxy) is 1. The van der Waals surface area contributed by atoms with E-state index < -0.39 is 38.1 Å². The molecule has 0 bridgehead atoms. The third-order valence-electron chi connectivity index (χ3n) is 5.79. The Morgan fingerprint density at radius 2 is 1.73 bits per heavy atom. The Balaban J connectivity index is 1.91. The average molecular weight is 442 g/mol. The van der Waals surface area contributed by atoms with Crippen LogP contribution >= 0.6 is 0 Å². The molecule has 0 aromatic carbocycles. The number of fused-ring (bicyclic) bond motifs is 1. The zero-order valence-corrected chi connectivity index (χ0v) is 19.7. The molecule has 0 spiro atoms. The lowest BCUT2D eigenvalue weighted by molar-refractivity contribution is -0.136. The van der Waals surface area contributed by atoms with E-state index in [0.29, 0.717) is 12.1 Å². The Morgan fingerprint density at radius 3 is 2.27 bits per heavy atom. The largest absolute Gasteiger partial charge is 0.496 e. The summed E-state index contributed by atoms with van der Waals surface area (Å²) in [4.78, 5) is 4.31. The van der Waals surface area contributed by atoms with Gasteiger partial charge in [0.05, 0.1) is 16.8 Å². The standard InChI is InChI=1S/C20H30BF3N2O3Si/c1-18(2)19(3,4)29-21(28-18)14-10-15-16(20(22,23)24)12-26(17(15)25-11-14)13-27-8-9-30(5,6)7/h10-12H,8-9,13H2,1-7H3. The van der Waals surface area contributed by atoms with Crippen LogP contribution in [0.25, 0.3) is 11.0 Å². The van der Waals surface area contributed by atoms with Crippen LogP contribution in [-0.4, -0.2) is 42.6 Å². The molecule has 0 N–H and O–H groups in total. The lowest BCUT2D eigenvalue weighted by atomic mass is 9.80. The number of hydrogen-bond donors (Lipinski definition) is 0. The second kappa shape index (κ2) is 7.65. The zero-order chi connectivity index (χ0) is 22.5. The van der Waals surface area contributed by atoms with Crippen LogP contribution in [0.3, 0.4) is 0 Å². The topological polar surface area (TPSA) is 45.5 Å². The van der Waals surface area contributed by atoms with Crippen molar-refractivity contribution in [3.63, 3.8) is 0 Å². The molecule has 2 aromatic heterocycles. The van der Waals surface area contributed by atoms with Gasteiger partial charge >= 0.3 is 13.3 Å². The van der Waals surface area contributed by atoms with Crippen LogP contribution in [0.15, 0.2) is 18.5 Å². The van der Waals surface area contributed by atoms with Gasteiger partial charge in [-0.2, -0.15) is 13.2 Å². The first-order valence-corrected chi connectivity index (χ1v) is 13.8. The van der Waals surface area contributed by atoms with E-state index in [1.54, 1.807) is 0 Å². The molecular weight excluding hydrogens is 412 g/mol. The van der Waals surface area contributed by atoms with Crippen molar-refractivity contribution < 1.29 is 27.2 Å². The Morgan fingerprint density at radius 1 is 1.13 bits per heavy atom. The van der Waals surface area contributed by atoms with E-state index in [-0.39, 0.29) is 17.8 Å². The second-order valence-corrected chi connectivity index (χ2v) is 15.7. The zero-order valence-electron chi connectivity index (χ0n) is 18.7. The molecule has 1 saturated heterocycles. The van der Waals surface area contributed by atoms with Gasteiger partial charge in [-0.25, -0.2) is 4.98 Å². The lowest BCUT2D eigenvalue weighted by Crippen LogP contribution is -2.41. The maximum Gasteiger partial charge on any atom is 0.496 e. The highest BCUT2D eigenvalue weighted by atomic mass is 28.3. The molecule has 1 fully saturated rings. The number of rotatable bonds is 6. The average Bonchev–Trinajstić information content (AvgIpc) is 3.04. The van der Waals surface area contributed by atoms with E-state index in [1.165, 1.54) is 16.8 Å². The van der Waals surface area contributed by atoms with E-state index >= 15 is 0 Å². The number of halogens is 3.